The van der Waals surface area contributed by atoms with Crippen LogP contribution in [0.3, 0.4) is 0 Å². The number of sulfonamides is 1. The van der Waals surface area contributed by atoms with Crippen LogP contribution in [0.25, 0.3) is 6.08 Å². The van der Waals surface area contributed by atoms with Gasteiger partial charge in [-0.3, -0.25) is 4.79 Å². The van der Waals surface area contributed by atoms with Crippen molar-refractivity contribution in [2.24, 2.45) is 0 Å². The molecule has 0 heterocycles. The number of anilines is 1. The maximum atomic E-state index is 12.2. The number of benzene rings is 2. The summed E-state index contributed by atoms with van der Waals surface area (Å²) in [5.74, 6) is 0.824. The molecular weight excluding hydrogens is 380 g/mol. The Morgan fingerprint density at radius 3 is 2.54 bits per heavy atom. The Balaban J connectivity index is 2.13. The Hall–Kier alpha value is -2.84. The van der Waals surface area contributed by atoms with E-state index in [0.29, 0.717) is 23.8 Å². The topological polar surface area (TPSA) is 84.9 Å². The van der Waals surface area contributed by atoms with Gasteiger partial charge in [0.25, 0.3) is 0 Å². The van der Waals surface area contributed by atoms with E-state index in [1.165, 1.54) is 32.3 Å². The van der Waals surface area contributed by atoms with Crippen LogP contribution in [0.4, 0.5) is 5.69 Å². The maximum absolute atomic E-state index is 12.2. The number of hydrogen-bond acceptors (Lipinski definition) is 5. The largest absolute Gasteiger partial charge is 0.493 e. The van der Waals surface area contributed by atoms with Crippen LogP contribution in [0.5, 0.6) is 11.5 Å². The second-order valence-electron chi connectivity index (χ2n) is 5.98. The molecule has 0 fully saturated rings. The molecule has 0 spiro atoms. The molecule has 7 nitrogen and oxygen atoms in total. The van der Waals surface area contributed by atoms with Crippen molar-refractivity contribution in [1.29, 1.82) is 0 Å². The number of rotatable bonds is 8. The number of methoxy groups -OCH3 is 1. The van der Waals surface area contributed by atoms with Crippen LogP contribution in [0, 0.1) is 0 Å². The van der Waals surface area contributed by atoms with Crippen LogP contribution in [-0.4, -0.2) is 46.4 Å². The zero-order chi connectivity index (χ0) is 20.7. The predicted octanol–water partition coefficient (Wildman–Crippen LogP) is 3.00. The minimum Gasteiger partial charge on any atom is -0.493 e. The summed E-state index contributed by atoms with van der Waals surface area (Å²) in [4.78, 5) is 12.3. The lowest BCUT2D eigenvalue weighted by atomic mass is 10.2. The third-order valence-corrected chi connectivity index (χ3v) is 5.61. The number of nitrogens with one attached hydrogen (secondary N) is 1. The van der Waals surface area contributed by atoms with Crippen molar-refractivity contribution in [2.45, 2.75) is 11.8 Å². The fourth-order valence-corrected chi connectivity index (χ4v) is 3.31. The first-order valence-corrected chi connectivity index (χ1v) is 10.0. The van der Waals surface area contributed by atoms with Gasteiger partial charge in [0.1, 0.15) is 0 Å². The van der Waals surface area contributed by atoms with Crippen molar-refractivity contribution in [3.63, 3.8) is 0 Å². The predicted molar refractivity (Wildman–Crippen MR) is 109 cm³/mol. The number of amides is 1. The molecule has 150 valence electrons. The van der Waals surface area contributed by atoms with E-state index in [1.54, 1.807) is 43.5 Å². The van der Waals surface area contributed by atoms with Gasteiger partial charge in [0.15, 0.2) is 11.5 Å². The molecule has 1 amide bonds. The summed E-state index contributed by atoms with van der Waals surface area (Å²) in [7, 11) is 0.898. The Bertz CT molecular complexity index is 968. The van der Waals surface area contributed by atoms with Crippen molar-refractivity contribution < 1.29 is 22.7 Å². The number of hydrogen-bond donors (Lipinski definition) is 1. The number of nitrogens with zero attached hydrogens (tertiary/aromatic N) is 1. The first-order valence-electron chi connectivity index (χ1n) is 8.60. The summed E-state index contributed by atoms with van der Waals surface area (Å²) in [6, 6.07) is 11.4. The first-order chi connectivity index (χ1) is 13.3. The fraction of sp³-hybridized carbons (Fsp3) is 0.250. The average molecular weight is 404 g/mol. The molecule has 0 radical (unpaired) electrons. The Kier molecular flexibility index (Phi) is 7.19. The zero-order valence-electron chi connectivity index (χ0n) is 16.3. The highest BCUT2D eigenvalue weighted by Crippen LogP contribution is 2.28. The van der Waals surface area contributed by atoms with E-state index in [2.05, 4.69) is 5.32 Å². The Morgan fingerprint density at radius 2 is 1.89 bits per heavy atom. The van der Waals surface area contributed by atoms with Gasteiger partial charge in [-0.05, 0) is 48.9 Å². The molecule has 0 aliphatic carbocycles. The van der Waals surface area contributed by atoms with E-state index in [-0.39, 0.29) is 10.8 Å². The molecule has 1 N–H and O–H groups in total. The molecule has 0 aliphatic rings. The van der Waals surface area contributed by atoms with Crippen molar-refractivity contribution >= 4 is 27.7 Å². The molecule has 0 aliphatic heterocycles. The molecule has 8 heteroatoms. The summed E-state index contributed by atoms with van der Waals surface area (Å²) in [6.07, 6.45) is 3.00. The van der Waals surface area contributed by atoms with Crippen molar-refractivity contribution in [3.05, 3.63) is 54.1 Å². The minimum absolute atomic E-state index is 0.107. The standard InChI is InChI=1S/C20H24N2O5S/c1-5-27-19-13-15(9-11-18(19)26-4)10-12-20(23)21-16-7-6-8-17(14-16)28(24,25)22(2)3/h6-14H,5H2,1-4H3,(H,21,23)/b12-10+. The molecule has 2 aromatic rings. The maximum Gasteiger partial charge on any atom is 0.248 e. The highest BCUT2D eigenvalue weighted by atomic mass is 32.2. The molecular formula is C20H24N2O5S. The molecule has 0 saturated heterocycles. The second-order valence-corrected chi connectivity index (χ2v) is 8.13. The average Bonchev–Trinajstić information content (AvgIpc) is 2.67. The fourth-order valence-electron chi connectivity index (χ4n) is 2.37. The normalized spacial score (nSPS) is 11.6. The van der Waals surface area contributed by atoms with E-state index in [0.717, 1.165) is 9.87 Å². The SMILES string of the molecule is CCOc1cc(/C=C/C(=O)Nc2cccc(S(=O)(=O)N(C)C)c2)ccc1OC. The molecule has 28 heavy (non-hydrogen) atoms. The summed E-state index contributed by atoms with van der Waals surface area (Å²) in [5.41, 5.74) is 1.16. The molecule has 2 rings (SSSR count). The van der Waals surface area contributed by atoms with Crippen molar-refractivity contribution in [2.75, 3.05) is 33.1 Å². The molecule has 0 aromatic heterocycles. The molecule has 0 unspecified atom stereocenters. The van der Waals surface area contributed by atoms with E-state index in [1.807, 2.05) is 6.92 Å². The van der Waals surface area contributed by atoms with Crippen LogP contribution in [0.2, 0.25) is 0 Å². The lowest BCUT2D eigenvalue weighted by Crippen LogP contribution is -2.22. The molecule has 0 bridgehead atoms. The van der Waals surface area contributed by atoms with Gasteiger partial charge in [0.2, 0.25) is 15.9 Å². The van der Waals surface area contributed by atoms with E-state index < -0.39 is 10.0 Å². The van der Waals surface area contributed by atoms with Gasteiger partial charge in [0.05, 0.1) is 18.6 Å². The second kappa shape index (κ2) is 9.38. The summed E-state index contributed by atoms with van der Waals surface area (Å²) < 4.78 is 36.3. The summed E-state index contributed by atoms with van der Waals surface area (Å²) in [5, 5.41) is 2.66. The summed E-state index contributed by atoms with van der Waals surface area (Å²) in [6.45, 7) is 2.37. The van der Waals surface area contributed by atoms with E-state index in [4.69, 9.17) is 9.47 Å². The lowest BCUT2D eigenvalue weighted by Gasteiger charge is -2.12. The van der Waals surface area contributed by atoms with Gasteiger partial charge in [-0.25, -0.2) is 12.7 Å². The minimum atomic E-state index is -3.57. The monoisotopic (exact) mass is 404 g/mol. The zero-order valence-corrected chi connectivity index (χ0v) is 17.1. The van der Waals surface area contributed by atoms with Gasteiger partial charge < -0.3 is 14.8 Å². The Morgan fingerprint density at radius 1 is 1.14 bits per heavy atom. The number of carbonyl (C=O) groups is 1. The third-order valence-electron chi connectivity index (χ3n) is 3.79. The smallest absolute Gasteiger partial charge is 0.248 e. The summed E-state index contributed by atoms with van der Waals surface area (Å²) >= 11 is 0. The lowest BCUT2D eigenvalue weighted by molar-refractivity contribution is -0.111. The third kappa shape index (κ3) is 5.34. The number of ether oxygens (including phenoxy) is 2. The van der Waals surface area contributed by atoms with Crippen molar-refractivity contribution in [1.82, 2.24) is 4.31 Å². The highest BCUT2D eigenvalue weighted by molar-refractivity contribution is 7.89. The van der Waals surface area contributed by atoms with Gasteiger partial charge in [-0.2, -0.15) is 0 Å². The van der Waals surface area contributed by atoms with E-state index in [9.17, 15) is 13.2 Å². The van der Waals surface area contributed by atoms with Gasteiger partial charge in [-0.1, -0.05) is 12.1 Å². The van der Waals surface area contributed by atoms with Crippen LogP contribution in [-0.2, 0) is 14.8 Å². The van der Waals surface area contributed by atoms with Crippen LogP contribution in [0.1, 0.15) is 12.5 Å². The van der Waals surface area contributed by atoms with Gasteiger partial charge >= 0.3 is 0 Å². The highest BCUT2D eigenvalue weighted by Gasteiger charge is 2.17. The van der Waals surface area contributed by atoms with Gasteiger partial charge in [0, 0.05) is 25.9 Å². The first kappa shape index (κ1) is 21.5. The van der Waals surface area contributed by atoms with Crippen LogP contribution < -0.4 is 14.8 Å². The van der Waals surface area contributed by atoms with E-state index >= 15 is 0 Å². The van der Waals surface area contributed by atoms with Crippen molar-refractivity contribution in [3.8, 4) is 11.5 Å². The molecule has 0 saturated carbocycles. The molecule has 2 aromatic carbocycles. The van der Waals surface area contributed by atoms with Crippen LogP contribution in [0.15, 0.2) is 53.4 Å². The molecule has 0 atom stereocenters. The number of carbonyl (C=O) groups excluding carboxylic acids is 1. The Labute approximate surface area is 165 Å². The van der Waals surface area contributed by atoms with Crippen LogP contribution >= 0.6 is 0 Å². The quantitative estimate of drug-likeness (QED) is 0.684. The van der Waals surface area contributed by atoms with Gasteiger partial charge in [-0.15, -0.1) is 0 Å².